The number of carbonyl (C=O) groups excluding carboxylic acids is 1. The lowest BCUT2D eigenvalue weighted by molar-refractivity contribution is 0.0687. The third-order valence-electron chi connectivity index (χ3n) is 4.97. The first-order valence-electron chi connectivity index (χ1n) is 8.74. The van der Waals surface area contributed by atoms with Crippen molar-refractivity contribution in [2.24, 2.45) is 0 Å². The number of piperidine rings is 1. The molecule has 0 aliphatic carbocycles. The van der Waals surface area contributed by atoms with Gasteiger partial charge in [0.1, 0.15) is 11.5 Å². The van der Waals surface area contributed by atoms with Gasteiger partial charge in [0.2, 0.25) is 0 Å². The topological polar surface area (TPSA) is 93.9 Å². The maximum absolute atomic E-state index is 12.9. The average molecular weight is 373 g/mol. The van der Waals surface area contributed by atoms with E-state index in [1.807, 2.05) is 6.92 Å². The molecule has 0 unspecified atom stereocenters. The lowest BCUT2D eigenvalue weighted by Gasteiger charge is -2.32. The monoisotopic (exact) mass is 373 g/mol. The number of hydrogen-bond donors (Lipinski definition) is 1. The summed E-state index contributed by atoms with van der Waals surface area (Å²) in [4.78, 5) is 25.7. The largest absolute Gasteiger partial charge is 0.496 e. The minimum absolute atomic E-state index is 0.0725. The van der Waals surface area contributed by atoms with E-state index in [0.29, 0.717) is 43.0 Å². The van der Waals surface area contributed by atoms with Gasteiger partial charge < -0.3 is 19.5 Å². The lowest BCUT2D eigenvalue weighted by Crippen LogP contribution is -2.39. The van der Waals surface area contributed by atoms with E-state index in [0.717, 1.165) is 5.56 Å². The smallest absolute Gasteiger partial charge is 0.338 e. The second-order valence-electron chi connectivity index (χ2n) is 6.54. The number of benzene rings is 1. The van der Waals surface area contributed by atoms with Crippen LogP contribution in [0.1, 0.15) is 45.2 Å². The van der Waals surface area contributed by atoms with Gasteiger partial charge in [-0.15, -0.1) is 0 Å². The molecule has 8 heteroatoms. The number of aromatic carboxylic acids is 1. The van der Waals surface area contributed by atoms with E-state index >= 15 is 0 Å². The van der Waals surface area contributed by atoms with Gasteiger partial charge in [0.15, 0.2) is 0 Å². The number of carboxylic acid groups (broad SMARTS) is 1. The molecule has 1 saturated heterocycles. The molecular weight excluding hydrogens is 350 g/mol. The molecule has 1 N–H and O–H groups in total. The normalized spacial score (nSPS) is 14.9. The van der Waals surface area contributed by atoms with Crippen molar-refractivity contribution in [3.05, 3.63) is 41.2 Å². The molecule has 1 aromatic carbocycles. The molecule has 27 heavy (non-hydrogen) atoms. The van der Waals surface area contributed by atoms with Gasteiger partial charge in [-0.05, 0) is 31.9 Å². The first-order chi connectivity index (χ1) is 12.9. The van der Waals surface area contributed by atoms with Crippen molar-refractivity contribution in [3.8, 4) is 11.5 Å². The Morgan fingerprint density at radius 2 is 1.70 bits per heavy atom. The van der Waals surface area contributed by atoms with Crippen molar-refractivity contribution in [1.82, 2.24) is 14.7 Å². The van der Waals surface area contributed by atoms with Gasteiger partial charge in [0.25, 0.3) is 5.91 Å². The van der Waals surface area contributed by atoms with E-state index < -0.39 is 5.97 Å². The third-order valence-corrected chi connectivity index (χ3v) is 4.97. The highest BCUT2D eigenvalue weighted by Gasteiger charge is 2.26. The number of aromatic nitrogens is 2. The van der Waals surface area contributed by atoms with E-state index in [1.165, 1.54) is 6.20 Å². The molecule has 2 aromatic rings. The number of carbonyl (C=O) groups is 2. The molecule has 1 aliphatic heterocycles. The fraction of sp³-hybridized carbons (Fsp3) is 0.421. The van der Waals surface area contributed by atoms with E-state index in [9.17, 15) is 9.59 Å². The summed E-state index contributed by atoms with van der Waals surface area (Å²) in [5.74, 6) is 0.170. The SMILES string of the molecule is COc1cc(C(=O)N2CCC(n3cc(C(=O)O)cn3)CC2)cc(OC)c1C. The molecule has 0 radical (unpaired) electrons. The van der Waals surface area contributed by atoms with Crippen LogP contribution in [0.2, 0.25) is 0 Å². The standard InChI is InChI=1S/C19H23N3O5/c1-12-16(26-2)8-13(9-17(12)27-3)18(23)21-6-4-15(5-7-21)22-11-14(10-20-22)19(24)25/h8-11,15H,4-7H2,1-3H3,(H,24,25). The molecule has 0 saturated carbocycles. The predicted molar refractivity (Wildman–Crippen MR) is 97.6 cm³/mol. The minimum Gasteiger partial charge on any atom is -0.496 e. The highest BCUT2D eigenvalue weighted by Crippen LogP contribution is 2.31. The molecule has 3 rings (SSSR count). The van der Waals surface area contributed by atoms with Gasteiger partial charge in [-0.2, -0.15) is 5.10 Å². The summed E-state index contributed by atoms with van der Waals surface area (Å²) >= 11 is 0. The van der Waals surface area contributed by atoms with Crippen LogP contribution in [-0.4, -0.2) is 59.0 Å². The van der Waals surface area contributed by atoms with Crippen LogP contribution in [0.5, 0.6) is 11.5 Å². The fourth-order valence-corrected chi connectivity index (χ4v) is 3.37. The van der Waals surface area contributed by atoms with E-state index in [1.54, 1.807) is 42.1 Å². The number of nitrogens with zero attached hydrogens (tertiary/aromatic N) is 3. The van der Waals surface area contributed by atoms with Crippen LogP contribution in [0, 0.1) is 6.92 Å². The molecule has 8 nitrogen and oxygen atoms in total. The Morgan fingerprint density at radius 3 is 2.19 bits per heavy atom. The zero-order valence-corrected chi connectivity index (χ0v) is 15.6. The number of hydrogen-bond acceptors (Lipinski definition) is 5. The van der Waals surface area contributed by atoms with Crippen LogP contribution >= 0.6 is 0 Å². The highest BCUT2D eigenvalue weighted by atomic mass is 16.5. The van der Waals surface area contributed by atoms with Gasteiger partial charge in [0.05, 0.1) is 32.0 Å². The number of likely N-dealkylation sites (tertiary alicyclic amines) is 1. The number of rotatable bonds is 5. The van der Waals surface area contributed by atoms with Crippen LogP contribution < -0.4 is 9.47 Å². The summed E-state index contributed by atoms with van der Waals surface area (Å²) in [7, 11) is 3.13. The average Bonchev–Trinajstić information content (AvgIpc) is 3.18. The molecule has 1 aromatic heterocycles. The maximum Gasteiger partial charge on any atom is 0.338 e. The molecule has 2 heterocycles. The summed E-state index contributed by atoms with van der Waals surface area (Å²) in [6, 6.07) is 3.56. The molecule has 1 fully saturated rings. The van der Waals surface area contributed by atoms with Crippen molar-refractivity contribution in [2.45, 2.75) is 25.8 Å². The molecule has 0 atom stereocenters. The number of ether oxygens (including phenoxy) is 2. The van der Waals surface area contributed by atoms with Crippen molar-refractivity contribution >= 4 is 11.9 Å². The second-order valence-corrected chi connectivity index (χ2v) is 6.54. The van der Waals surface area contributed by atoms with Crippen molar-refractivity contribution in [3.63, 3.8) is 0 Å². The summed E-state index contributed by atoms with van der Waals surface area (Å²) in [6.45, 7) is 3.03. The Kier molecular flexibility index (Phi) is 5.34. The Hall–Kier alpha value is -3.03. The quantitative estimate of drug-likeness (QED) is 0.865. The molecule has 1 amide bonds. The summed E-state index contributed by atoms with van der Waals surface area (Å²) in [6.07, 6.45) is 4.32. The first kappa shape index (κ1) is 18.8. The van der Waals surface area contributed by atoms with Gasteiger partial charge in [-0.3, -0.25) is 9.48 Å². The third kappa shape index (κ3) is 3.74. The highest BCUT2D eigenvalue weighted by molar-refractivity contribution is 5.95. The Bertz CT molecular complexity index is 828. The van der Waals surface area contributed by atoms with Gasteiger partial charge in [0, 0.05) is 30.4 Å². The van der Waals surface area contributed by atoms with Crippen LogP contribution in [0.3, 0.4) is 0 Å². The molecule has 0 bridgehead atoms. The van der Waals surface area contributed by atoms with E-state index in [2.05, 4.69) is 5.10 Å². The Morgan fingerprint density at radius 1 is 1.11 bits per heavy atom. The Labute approximate surface area is 157 Å². The van der Waals surface area contributed by atoms with Crippen molar-refractivity contribution in [1.29, 1.82) is 0 Å². The number of amides is 1. The zero-order valence-electron chi connectivity index (χ0n) is 15.6. The van der Waals surface area contributed by atoms with Crippen molar-refractivity contribution in [2.75, 3.05) is 27.3 Å². The number of methoxy groups -OCH3 is 2. The lowest BCUT2D eigenvalue weighted by atomic mass is 10.0. The van der Waals surface area contributed by atoms with Crippen LogP contribution in [0.4, 0.5) is 0 Å². The summed E-state index contributed by atoms with van der Waals surface area (Å²) in [5.41, 5.74) is 1.55. The van der Waals surface area contributed by atoms with Crippen molar-refractivity contribution < 1.29 is 24.2 Å². The fourth-order valence-electron chi connectivity index (χ4n) is 3.37. The zero-order chi connectivity index (χ0) is 19.6. The van der Waals surface area contributed by atoms with Crippen LogP contribution in [-0.2, 0) is 0 Å². The molecule has 0 spiro atoms. The summed E-state index contributed by atoms with van der Waals surface area (Å²) in [5, 5.41) is 13.2. The van der Waals surface area contributed by atoms with E-state index in [-0.39, 0.29) is 17.5 Å². The van der Waals surface area contributed by atoms with E-state index in [4.69, 9.17) is 14.6 Å². The predicted octanol–water partition coefficient (Wildman–Crippen LogP) is 2.38. The Balaban J connectivity index is 1.70. The van der Waals surface area contributed by atoms with Gasteiger partial charge in [-0.1, -0.05) is 0 Å². The van der Waals surface area contributed by atoms with Gasteiger partial charge >= 0.3 is 5.97 Å². The van der Waals surface area contributed by atoms with Crippen LogP contribution in [0.25, 0.3) is 0 Å². The molecule has 144 valence electrons. The van der Waals surface area contributed by atoms with Crippen LogP contribution in [0.15, 0.2) is 24.5 Å². The first-order valence-corrected chi connectivity index (χ1v) is 8.74. The molecule has 1 aliphatic rings. The second kappa shape index (κ2) is 7.69. The number of carboxylic acids is 1. The minimum atomic E-state index is -0.990. The maximum atomic E-state index is 12.9. The molecular formula is C19H23N3O5. The van der Waals surface area contributed by atoms with Gasteiger partial charge in [-0.25, -0.2) is 4.79 Å². The summed E-state index contributed by atoms with van der Waals surface area (Å²) < 4.78 is 12.4.